The number of alkyl halides is 3. The molecule has 2 aliphatic heterocycles. The van der Waals surface area contributed by atoms with Gasteiger partial charge in [-0.25, -0.2) is 0 Å². The van der Waals surface area contributed by atoms with Crippen molar-refractivity contribution in [3.8, 4) is 5.75 Å². The molecule has 1 saturated heterocycles. The highest BCUT2D eigenvalue weighted by Crippen LogP contribution is 2.49. The van der Waals surface area contributed by atoms with E-state index < -0.39 is 12.2 Å². The molecule has 1 unspecified atom stereocenters. The van der Waals surface area contributed by atoms with Gasteiger partial charge in [0.2, 0.25) is 0 Å². The van der Waals surface area contributed by atoms with E-state index in [0.29, 0.717) is 5.75 Å². The molecule has 0 bridgehead atoms. The fraction of sp³-hybridized carbons (Fsp3) is 0.455. The van der Waals surface area contributed by atoms with Crippen LogP contribution in [0.3, 0.4) is 0 Å². The van der Waals surface area contributed by atoms with Crippen molar-refractivity contribution < 1.29 is 22.3 Å². The molecular weight excluding hydrogens is 381 g/mol. The topological polar surface area (TPSA) is 37.6 Å². The zero-order valence-corrected chi connectivity index (χ0v) is 16.1. The number of benzene rings is 1. The van der Waals surface area contributed by atoms with E-state index in [9.17, 15) is 13.2 Å². The van der Waals surface area contributed by atoms with Gasteiger partial charge in [-0.3, -0.25) is 0 Å². The van der Waals surface area contributed by atoms with Gasteiger partial charge in [0.05, 0.1) is 0 Å². The van der Waals surface area contributed by atoms with Crippen molar-refractivity contribution >= 4 is 11.0 Å². The molecule has 1 spiro atoms. The molecule has 3 heterocycles. The molecule has 1 N–H and O–H groups in total. The zero-order valence-electron chi connectivity index (χ0n) is 16.1. The largest absolute Gasteiger partial charge is 0.489 e. The standard InChI is InChI=1S/C22H23F3N2O2/c1-14-7-16-8-18(4-5-19(16)29-14)28-11-15-3-2-6-27(20(15)22(23,24)25)17-9-21(10-17)12-26-13-21/h2-8,17,20,26H,9-13H2,1H3. The predicted molar refractivity (Wildman–Crippen MR) is 104 cm³/mol. The van der Waals surface area contributed by atoms with Crippen molar-refractivity contribution in [3.63, 3.8) is 0 Å². The second-order valence-corrected chi connectivity index (χ2v) is 8.49. The van der Waals surface area contributed by atoms with E-state index in [1.807, 2.05) is 13.0 Å². The molecule has 1 atom stereocenters. The normalized spacial score (nSPS) is 23.8. The SMILES string of the molecule is Cc1cc2cc(OCC3=CC=CN(C4CC5(CNC5)C4)C3C(F)(F)F)ccc2o1. The second kappa shape index (κ2) is 6.55. The molecule has 1 aromatic heterocycles. The number of hydrogen-bond donors (Lipinski definition) is 1. The summed E-state index contributed by atoms with van der Waals surface area (Å²) in [5.74, 6) is 1.31. The Morgan fingerprint density at radius 3 is 2.72 bits per heavy atom. The van der Waals surface area contributed by atoms with Crippen LogP contribution in [0.15, 0.2) is 52.6 Å². The predicted octanol–water partition coefficient (Wildman–Crippen LogP) is 4.56. The smallest absolute Gasteiger partial charge is 0.412 e. The summed E-state index contributed by atoms with van der Waals surface area (Å²) in [6, 6.07) is 5.47. The lowest BCUT2D eigenvalue weighted by atomic mass is 9.61. The van der Waals surface area contributed by atoms with Crippen LogP contribution in [0.4, 0.5) is 13.2 Å². The van der Waals surface area contributed by atoms with Gasteiger partial charge in [0.25, 0.3) is 0 Å². The van der Waals surface area contributed by atoms with Crippen LogP contribution < -0.4 is 10.1 Å². The average molecular weight is 404 g/mol. The minimum atomic E-state index is -4.35. The Morgan fingerprint density at radius 2 is 2.03 bits per heavy atom. The van der Waals surface area contributed by atoms with Crippen LogP contribution in [0, 0.1) is 12.3 Å². The molecule has 1 aliphatic carbocycles. The van der Waals surface area contributed by atoms with Crippen molar-refractivity contribution in [3.05, 3.63) is 54.0 Å². The van der Waals surface area contributed by atoms with Gasteiger partial charge in [-0.15, -0.1) is 0 Å². The summed E-state index contributed by atoms with van der Waals surface area (Å²) in [7, 11) is 0. The summed E-state index contributed by atoms with van der Waals surface area (Å²) in [6.45, 7) is 3.58. The lowest BCUT2D eigenvalue weighted by Gasteiger charge is -2.58. The second-order valence-electron chi connectivity index (χ2n) is 8.49. The fourth-order valence-electron chi connectivity index (χ4n) is 4.80. The van der Waals surface area contributed by atoms with Gasteiger partial charge >= 0.3 is 6.18 Å². The van der Waals surface area contributed by atoms with Crippen LogP contribution in [-0.4, -0.2) is 42.9 Å². The Kier molecular flexibility index (Phi) is 4.21. The number of hydrogen-bond acceptors (Lipinski definition) is 4. The van der Waals surface area contributed by atoms with Gasteiger partial charge in [0.15, 0.2) is 6.04 Å². The molecule has 29 heavy (non-hydrogen) atoms. The number of aryl methyl sites for hydroxylation is 1. The number of allylic oxidation sites excluding steroid dienone is 2. The first-order valence-corrected chi connectivity index (χ1v) is 9.88. The number of nitrogens with one attached hydrogen (secondary N) is 1. The molecule has 0 radical (unpaired) electrons. The van der Waals surface area contributed by atoms with Crippen LogP contribution in [0.2, 0.25) is 0 Å². The first-order chi connectivity index (χ1) is 13.8. The molecule has 154 valence electrons. The van der Waals surface area contributed by atoms with Gasteiger partial charge < -0.3 is 19.4 Å². The monoisotopic (exact) mass is 404 g/mol. The van der Waals surface area contributed by atoms with E-state index in [1.54, 1.807) is 30.5 Å². The molecule has 2 aromatic rings. The third-order valence-corrected chi connectivity index (χ3v) is 6.30. The molecule has 4 nitrogen and oxygen atoms in total. The van der Waals surface area contributed by atoms with Crippen molar-refractivity contribution in [1.82, 2.24) is 10.2 Å². The lowest BCUT2D eigenvalue weighted by Crippen LogP contribution is -2.66. The van der Waals surface area contributed by atoms with Crippen LogP contribution >= 0.6 is 0 Å². The van der Waals surface area contributed by atoms with Crippen LogP contribution in [-0.2, 0) is 0 Å². The maximum Gasteiger partial charge on any atom is 0.412 e. The van der Waals surface area contributed by atoms with Crippen molar-refractivity contribution in [1.29, 1.82) is 0 Å². The summed E-state index contributed by atoms with van der Waals surface area (Å²) < 4.78 is 53.3. The number of ether oxygens (including phenoxy) is 1. The Labute approximate surface area is 167 Å². The highest BCUT2D eigenvalue weighted by Gasteiger charge is 2.55. The minimum absolute atomic E-state index is 0.0751. The number of nitrogens with zero attached hydrogens (tertiary/aromatic N) is 1. The Morgan fingerprint density at radius 1 is 1.24 bits per heavy atom. The number of fused-ring (bicyclic) bond motifs is 1. The first kappa shape index (κ1) is 18.6. The van der Waals surface area contributed by atoms with E-state index in [4.69, 9.17) is 9.15 Å². The molecule has 7 heteroatoms. The zero-order chi connectivity index (χ0) is 20.2. The summed E-state index contributed by atoms with van der Waals surface area (Å²) in [4.78, 5) is 1.49. The highest BCUT2D eigenvalue weighted by molar-refractivity contribution is 5.79. The molecule has 1 aromatic carbocycles. The Hall–Kier alpha value is -2.41. The van der Waals surface area contributed by atoms with Crippen LogP contribution in [0.25, 0.3) is 11.0 Å². The van der Waals surface area contributed by atoms with Gasteiger partial charge in [-0.05, 0) is 61.1 Å². The average Bonchev–Trinajstić information content (AvgIpc) is 2.96. The van der Waals surface area contributed by atoms with Crippen molar-refractivity contribution in [2.75, 3.05) is 19.7 Å². The number of rotatable bonds is 4. The molecule has 5 rings (SSSR count). The number of furan rings is 1. The quantitative estimate of drug-likeness (QED) is 0.811. The maximum atomic E-state index is 14.0. The van der Waals surface area contributed by atoms with Crippen LogP contribution in [0.1, 0.15) is 18.6 Å². The van der Waals surface area contributed by atoms with Crippen molar-refractivity contribution in [2.45, 2.75) is 38.0 Å². The van der Waals surface area contributed by atoms with Gasteiger partial charge in [0, 0.05) is 30.7 Å². The highest BCUT2D eigenvalue weighted by atomic mass is 19.4. The van der Waals surface area contributed by atoms with E-state index in [1.165, 1.54) is 11.0 Å². The third kappa shape index (κ3) is 3.31. The molecule has 3 aliphatic rings. The third-order valence-electron chi connectivity index (χ3n) is 6.30. The van der Waals surface area contributed by atoms with Gasteiger partial charge in [0.1, 0.15) is 23.7 Å². The van der Waals surface area contributed by atoms with E-state index in [0.717, 1.165) is 42.7 Å². The first-order valence-electron chi connectivity index (χ1n) is 9.88. The van der Waals surface area contributed by atoms with E-state index in [-0.39, 0.29) is 23.6 Å². The number of halogens is 3. The Bertz CT molecular complexity index is 980. The molecule has 2 fully saturated rings. The van der Waals surface area contributed by atoms with Gasteiger partial charge in [-0.1, -0.05) is 6.08 Å². The lowest BCUT2D eigenvalue weighted by molar-refractivity contribution is -0.184. The van der Waals surface area contributed by atoms with Crippen molar-refractivity contribution in [2.24, 2.45) is 5.41 Å². The summed E-state index contributed by atoms with van der Waals surface area (Å²) in [6.07, 6.45) is 2.09. The molecule has 0 amide bonds. The summed E-state index contributed by atoms with van der Waals surface area (Å²) in [5, 5.41) is 4.11. The maximum absolute atomic E-state index is 14.0. The minimum Gasteiger partial charge on any atom is -0.489 e. The molecular formula is C22H23F3N2O2. The Balaban J connectivity index is 1.32. The van der Waals surface area contributed by atoms with E-state index in [2.05, 4.69) is 5.32 Å². The van der Waals surface area contributed by atoms with Crippen LogP contribution in [0.5, 0.6) is 5.75 Å². The van der Waals surface area contributed by atoms with E-state index >= 15 is 0 Å². The van der Waals surface area contributed by atoms with Gasteiger partial charge in [-0.2, -0.15) is 13.2 Å². The fourth-order valence-corrected chi connectivity index (χ4v) is 4.80. The summed E-state index contributed by atoms with van der Waals surface area (Å²) >= 11 is 0. The molecule has 1 saturated carbocycles. The summed E-state index contributed by atoms with van der Waals surface area (Å²) in [5.41, 5.74) is 1.18.